The van der Waals surface area contributed by atoms with Gasteiger partial charge in [-0.1, -0.05) is 0 Å². The molecule has 66 valence electrons. The summed E-state index contributed by atoms with van der Waals surface area (Å²) in [5.74, 6) is 0. The smallest absolute Gasteiger partial charge is 0.0936 e. The minimum atomic E-state index is 0.480. The number of rotatable bonds is 4. The molecule has 2 rings (SSSR count). The predicted octanol–water partition coefficient (Wildman–Crippen LogP) is 0.974. The van der Waals surface area contributed by atoms with Gasteiger partial charge in [0.15, 0.2) is 0 Å². The Hall–Kier alpha value is -0.450. The van der Waals surface area contributed by atoms with E-state index in [4.69, 9.17) is 4.74 Å². The fourth-order valence-electron chi connectivity index (χ4n) is 1.18. The van der Waals surface area contributed by atoms with Crippen molar-refractivity contribution in [3.8, 4) is 0 Å². The molecule has 1 atom stereocenters. The highest BCUT2D eigenvalue weighted by Crippen LogP contribution is 2.11. The van der Waals surface area contributed by atoms with Gasteiger partial charge in [0.2, 0.25) is 0 Å². The lowest BCUT2D eigenvalue weighted by Gasteiger charge is -2.12. The van der Waals surface area contributed by atoms with Crippen LogP contribution in [-0.4, -0.2) is 36.2 Å². The first-order valence-corrected chi connectivity index (χ1v) is 4.96. The molecule has 0 spiro atoms. The second-order valence-electron chi connectivity index (χ2n) is 3.13. The zero-order valence-electron chi connectivity index (χ0n) is 7.06. The minimum absolute atomic E-state index is 0.480. The summed E-state index contributed by atoms with van der Waals surface area (Å²) in [6.07, 6.45) is 0.480. The topological polar surface area (TPSA) is 28.7 Å². The molecular formula is C8H12N2OS. The molecule has 1 unspecified atom stereocenters. The number of aromatic nitrogens is 1. The standard InChI is InChI=1S/C8H12N2OS/c1-10(3-8-4-11-8)2-7-5-12-6-9-7/h5-6,8H,2-4H2,1H3. The monoisotopic (exact) mass is 184 g/mol. The zero-order valence-corrected chi connectivity index (χ0v) is 7.88. The SMILES string of the molecule is CN(Cc1cscn1)CC1CO1. The third-order valence-corrected chi connectivity index (χ3v) is 2.47. The number of nitrogens with zero attached hydrogens (tertiary/aromatic N) is 2. The number of epoxide rings is 1. The normalized spacial score (nSPS) is 21.7. The molecule has 1 aliphatic rings. The van der Waals surface area contributed by atoms with Crippen molar-refractivity contribution >= 4 is 11.3 Å². The molecule has 1 aromatic heterocycles. The van der Waals surface area contributed by atoms with Gasteiger partial charge in [-0.05, 0) is 7.05 Å². The van der Waals surface area contributed by atoms with Crippen LogP contribution >= 0.6 is 11.3 Å². The van der Waals surface area contributed by atoms with Gasteiger partial charge in [0.1, 0.15) is 0 Å². The summed E-state index contributed by atoms with van der Waals surface area (Å²) < 4.78 is 5.14. The van der Waals surface area contributed by atoms with E-state index in [1.807, 2.05) is 5.51 Å². The molecule has 0 aliphatic carbocycles. The number of hydrogen-bond acceptors (Lipinski definition) is 4. The Kier molecular flexibility index (Phi) is 2.39. The molecule has 0 bridgehead atoms. The minimum Gasteiger partial charge on any atom is -0.372 e. The first-order valence-electron chi connectivity index (χ1n) is 4.02. The molecule has 1 saturated heterocycles. The lowest BCUT2D eigenvalue weighted by molar-refractivity contribution is 0.276. The van der Waals surface area contributed by atoms with Gasteiger partial charge in [0.25, 0.3) is 0 Å². The lowest BCUT2D eigenvalue weighted by atomic mass is 10.4. The molecule has 12 heavy (non-hydrogen) atoms. The van der Waals surface area contributed by atoms with Crippen LogP contribution in [0.3, 0.4) is 0 Å². The highest BCUT2D eigenvalue weighted by Gasteiger charge is 2.23. The molecule has 2 heterocycles. The largest absolute Gasteiger partial charge is 0.372 e. The molecular weight excluding hydrogens is 172 g/mol. The van der Waals surface area contributed by atoms with Gasteiger partial charge in [0.05, 0.1) is 23.9 Å². The van der Waals surface area contributed by atoms with Gasteiger partial charge in [-0.25, -0.2) is 4.98 Å². The van der Waals surface area contributed by atoms with Crippen LogP contribution in [0.5, 0.6) is 0 Å². The average Bonchev–Trinajstić information content (AvgIpc) is 2.66. The fraction of sp³-hybridized carbons (Fsp3) is 0.625. The van der Waals surface area contributed by atoms with Crippen molar-refractivity contribution in [1.29, 1.82) is 0 Å². The maximum atomic E-state index is 5.14. The number of hydrogen-bond donors (Lipinski definition) is 0. The molecule has 3 nitrogen and oxygen atoms in total. The predicted molar refractivity (Wildman–Crippen MR) is 48.2 cm³/mol. The Morgan fingerprint density at radius 3 is 3.25 bits per heavy atom. The Labute approximate surface area is 76.0 Å². The summed E-state index contributed by atoms with van der Waals surface area (Å²) in [5, 5.41) is 2.09. The second-order valence-corrected chi connectivity index (χ2v) is 3.85. The van der Waals surface area contributed by atoms with E-state index in [2.05, 4.69) is 22.3 Å². The quantitative estimate of drug-likeness (QED) is 0.653. The number of ether oxygens (including phenoxy) is 1. The van der Waals surface area contributed by atoms with Crippen LogP contribution < -0.4 is 0 Å². The van der Waals surface area contributed by atoms with Crippen molar-refractivity contribution in [1.82, 2.24) is 9.88 Å². The van der Waals surface area contributed by atoms with Crippen LogP contribution in [0.2, 0.25) is 0 Å². The van der Waals surface area contributed by atoms with E-state index in [9.17, 15) is 0 Å². The van der Waals surface area contributed by atoms with E-state index in [1.165, 1.54) is 0 Å². The van der Waals surface area contributed by atoms with Gasteiger partial charge in [0, 0.05) is 18.5 Å². The molecule has 0 aromatic carbocycles. The van der Waals surface area contributed by atoms with Crippen LogP contribution in [0.15, 0.2) is 10.9 Å². The van der Waals surface area contributed by atoms with E-state index in [0.717, 1.165) is 25.4 Å². The lowest BCUT2D eigenvalue weighted by Crippen LogP contribution is -2.22. The summed E-state index contributed by atoms with van der Waals surface area (Å²) in [4.78, 5) is 6.46. The van der Waals surface area contributed by atoms with Gasteiger partial charge < -0.3 is 4.74 Å². The van der Waals surface area contributed by atoms with Crippen LogP contribution in [0, 0.1) is 0 Å². The molecule has 4 heteroatoms. The molecule has 0 amide bonds. The van der Waals surface area contributed by atoms with E-state index in [-0.39, 0.29) is 0 Å². The third kappa shape index (κ3) is 2.27. The highest BCUT2D eigenvalue weighted by molar-refractivity contribution is 7.07. The maximum absolute atomic E-state index is 5.14. The van der Waals surface area contributed by atoms with Crippen molar-refractivity contribution < 1.29 is 4.74 Å². The first-order chi connectivity index (χ1) is 5.84. The summed E-state index contributed by atoms with van der Waals surface area (Å²) in [6.45, 7) is 2.89. The van der Waals surface area contributed by atoms with E-state index < -0.39 is 0 Å². The van der Waals surface area contributed by atoms with Crippen molar-refractivity contribution in [2.24, 2.45) is 0 Å². The molecule has 0 N–H and O–H groups in total. The van der Waals surface area contributed by atoms with Crippen LogP contribution in [0.4, 0.5) is 0 Å². The summed E-state index contributed by atoms with van der Waals surface area (Å²) in [6, 6.07) is 0. The molecule has 1 aliphatic heterocycles. The highest BCUT2D eigenvalue weighted by atomic mass is 32.1. The Bertz CT molecular complexity index is 233. The van der Waals surface area contributed by atoms with Crippen LogP contribution in [0.1, 0.15) is 5.69 Å². The van der Waals surface area contributed by atoms with E-state index in [0.29, 0.717) is 6.10 Å². The van der Waals surface area contributed by atoms with E-state index in [1.54, 1.807) is 11.3 Å². The van der Waals surface area contributed by atoms with Gasteiger partial charge >= 0.3 is 0 Å². The number of thiazole rings is 1. The zero-order chi connectivity index (χ0) is 8.39. The van der Waals surface area contributed by atoms with Crippen molar-refractivity contribution in [2.75, 3.05) is 20.2 Å². The van der Waals surface area contributed by atoms with Gasteiger partial charge in [-0.2, -0.15) is 0 Å². The first kappa shape index (κ1) is 8.16. The number of likely N-dealkylation sites (N-methyl/N-ethyl adjacent to an activating group) is 1. The third-order valence-electron chi connectivity index (χ3n) is 1.83. The van der Waals surface area contributed by atoms with Gasteiger partial charge in [-0.3, -0.25) is 4.90 Å². The van der Waals surface area contributed by atoms with E-state index >= 15 is 0 Å². The van der Waals surface area contributed by atoms with Crippen LogP contribution in [-0.2, 0) is 11.3 Å². The molecule has 0 radical (unpaired) electrons. The fourth-order valence-corrected chi connectivity index (χ4v) is 1.73. The molecule has 1 fully saturated rings. The Morgan fingerprint density at radius 1 is 1.83 bits per heavy atom. The summed E-state index contributed by atoms with van der Waals surface area (Å²) in [7, 11) is 2.10. The van der Waals surface area contributed by atoms with Crippen molar-refractivity contribution in [2.45, 2.75) is 12.6 Å². The van der Waals surface area contributed by atoms with Crippen molar-refractivity contribution in [3.05, 3.63) is 16.6 Å². The maximum Gasteiger partial charge on any atom is 0.0936 e. The molecule has 0 saturated carbocycles. The molecule has 1 aromatic rings. The summed E-state index contributed by atoms with van der Waals surface area (Å²) >= 11 is 1.65. The van der Waals surface area contributed by atoms with Crippen molar-refractivity contribution in [3.63, 3.8) is 0 Å². The van der Waals surface area contributed by atoms with Crippen LogP contribution in [0.25, 0.3) is 0 Å². The Balaban J connectivity index is 1.77. The second kappa shape index (κ2) is 3.51. The van der Waals surface area contributed by atoms with Gasteiger partial charge in [-0.15, -0.1) is 11.3 Å². The Morgan fingerprint density at radius 2 is 2.67 bits per heavy atom. The summed E-state index contributed by atoms with van der Waals surface area (Å²) in [5.41, 5.74) is 3.03. The average molecular weight is 184 g/mol.